The molecule has 0 fully saturated rings. The van der Waals surface area contributed by atoms with E-state index < -0.39 is 0 Å². The molecule has 116 valence electrons. The number of hydrogen-bond donors (Lipinski definition) is 1. The van der Waals surface area contributed by atoms with Gasteiger partial charge in [-0.05, 0) is 18.4 Å². The predicted octanol–water partition coefficient (Wildman–Crippen LogP) is 4.60. The summed E-state index contributed by atoms with van der Waals surface area (Å²) in [6.07, 6.45) is 11.1. The highest BCUT2D eigenvalue weighted by Gasteiger charge is 1.92. The van der Waals surface area contributed by atoms with Crippen molar-refractivity contribution < 1.29 is 9.84 Å². The summed E-state index contributed by atoms with van der Waals surface area (Å²) in [6, 6.07) is 10.8. The zero-order valence-corrected chi connectivity index (χ0v) is 13.3. The lowest BCUT2D eigenvalue weighted by Gasteiger charge is -2.01. The molecule has 0 radical (unpaired) electrons. The lowest BCUT2D eigenvalue weighted by molar-refractivity contribution is 0.135. The summed E-state index contributed by atoms with van der Waals surface area (Å²) in [5.74, 6) is 0. The van der Waals surface area contributed by atoms with Crippen LogP contribution in [0.25, 0.3) is 0 Å². The number of aliphatic hydroxyl groups is 1. The third kappa shape index (κ3) is 13.6. The van der Waals surface area contributed by atoms with E-state index in [1.54, 1.807) is 7.11 Å². The molecule has 2 nitrogen and oxygen atoms in total. The van der Waals surface area contributed by atoms with E-state index in [1.165, 1.54) is 56.9 Å². The summed E-state index contributed by atoms with van der Waals surface area (Å²) in [5, 5.41) is 7.94. The van der Waals surface area contributed by atoms with Gasteiger partial charge in [-0.25, -0.2) is 0 Å². The molecule has 0 bridgehead atoms. The van der Waals surface area contributed by atoms with Crippen LogP contribution >= 0.6 is 0 Å². The van der Waals surface area contributed by atoms with Crippen molar-refractivity contribution in [1.82, 2.24) is 0 Å². The maximum Gasteiger partial charge on any atom is 0.0693 e. The van der Waals surface area contributed by atoms with Gasteiger partial charge in [0.2, 0.25) is 0 Å². The maximum atomic E-state index is 7.94. The van der Waals surface area contributed by atoms with Gasteiger partial charge in [-0.3, -0.25) is 0 Å². The summed E-state index contributed by atoms with van der Waals surface area (Å²) in [6.45, 7) is 2.84. The van der Waals surface area contributed by atoms with Crippen LogP contribution in [0, 0.1) is 0 Å². The topological polar surface area (TPSA) is 29.5 Å². The molecule has 0 amide bonds. The molecule has 0 saturated heterocycles. The molecular formula is C18H32O2. The lowest BCUT2D eigenvalue weighted by atomic mass is 10.0. The number of ether oxygens (including phenoxy) is 1. The summed E-state index contributed by atoms with van der Waals surface area (Å²) in [7, 11) is 1.55. The van der Waals surface area contributed by atoms with E-state index in [9.17, 15) is 0 Å². The van der Waals surface area contributed by atoms with Gasteiger partial charge in [0.15, 0.2) is 0 Å². The minimum Gasteiger partial charge on any atom is -0.394 e. The minimum atomic E-state index is 0.122. The van der Waals surface area contributed by atoms with Crippen LogP contribution in [-0.4, -0.2) is 25.4 Å². The molecule has 0 heterocycles. The summed E-state index contributed by atoms with van der Waals surface area (Å²) in [4.78, 5) is 0. The van der Waals surface area contributed by atoms with Crippen molar-refractivity contribution in [3.05, 3.63) is 35.9 Å². The van der Waals surface area contributed by atoms with E-state index in [4.69, 9.17) is 5.11 Å². The maximum absolute atomic E-state index is 7.94. The van der Waals surface area contributed by atoms with Crippen molar-refractivity contribution in [3.8, 4) is 0 Å². The van der Waals surface area contributed by atoms with Gasteiger partial charge in [0.1, 0.15) is 0 Å². The van der Waals surface area contributed by atoms with E-state index in [0.717, 1.165) is 0 Å². The summed E-state index contributed by atoms with van der Waals surface area (Å²) < 4.78 is 4.44. The number of hydrogen-bond acceptors (Lipinski definition) is 2. The fourth-order valence-electron chi connectivity index (χ4n) is 2.02. The summed E-state index contributed by atoms with van der Waals surface area (Å²) in [5.41, 5.74) is 1.49. The average molecular weight is 280 g/mol. The van der Waals surface area contributed by atoms with Gasteiger partial charge in [-0.2, -0.15) is 0 Å². The fraction of sp³-hybridized carbons (Fsp3) is 0.667. The SMILES string of the molecule is CCCCCCCCCc1ccccc1.COCCO. The Balaban J connectivity index is 0.000000621. The van der Waals surface area contributed by atoms with Crippen molar-refractivity contribution in [2.75, 3.05) is 20.3 Å². The molecule has 1 rings (SSSR count). The second-order valence-electron chi connectivity index (χ2n) is 5.07. The van der Waals surface area contributed by atoms with Gasteiger partial charge in [0.25, 0.3) is 0 Å². The van der Waals surface area contributed by atoms with E-state index in [0.29, 0.717) is 6.61 Å². The van der Waals surface area contributed by atoms with Gasteiger partial charge < -0.3 is 9.84 Å². The Hall–Kier alpha value is -0.860. The Morgan fingerprint density at radius 2 is 1.50 bits per heavy atom. The second kappa shape index (κ2) is 16.2. The number of rotatable bonds is 10. The molecule has 0 aliphatic heterocycles. The van der Waals surface area contributed by atoms with Crippen LogP contribution in [0.5, 0.6) is 0 Å². The third-order valence-corrected chi connectivity index (χ3v) is 3.21. The second-order valence-corrected chi connectivity index (χ2v) is 5.07. The molecule has 0 unspecified atom stereocenters. The fourth-order valence-corrected chi connectivity index (χ4v) is 2.02. The van der Waals surface area contributed by atoms with Gasteiger partial charge in [0, 0.05) is 7.11 Å². The first-order valence-corrected chi connectivity index (χ1v) is 7.98. The number of methoxy groups -OCH3 is 1. The molecule has 0 aliphatic rings. The van der Waals surface area contributed by atoms with E-state index in [-0.39, 0.29) is 6.61 Å². The van der Waals surface area contributed by atoms with Crippen LogP contribution in [0.2, 0.25) is 0 Å². The molecule has 0 saturated carbocycles. The van der Waals surface area contributed by atoms with E-state index >= 15 is 0 Å². The molecule has 0 spiro atoms. The molecular weight excluding hydrogens is 248 g/mol. The van der Waals surface area contributed by atoms with Gasteiger partial charge in [-0.1, -0.05) is 75.8 Å². The Morgan fingerprint density at radius 1 is 0.900 bits per heavy atom. The van der Waals surface area contributed by atoms with Gasteiger partial charge in [0.05, 0.1) is 13.2 Å². The molecule has 0 atom stereocenters. The van der Waals surface area contributed by atoms with Crippen LogP contribution in [0.1, 0.15) is 57.4 Å². The molecule has 0 aromatic heterocycles. The van der Waals surface area contributed by atoms with Crippen LogP contribution in [-0.2, 0) is 11.2 Å². The molecule has 0 aliphatic carbocycles. The standard InChI is InChI=1S/C15H24.C3H8O2/c1-2-3-4-5-6-7-9-12-15-13-10-8-11-14-15;1-5-3-2-4/h8,10-11,13-14H,2-7,9,12H2,1H3;4H,2-3H2,1H3. The van der Waals surface area contributed by atoms with Crippen LogP contribution in [0.15, 0.2) is 30.3 Å². The van der Waals surface area contributed by atoms with Crippen molar-refractivity contribution in [2.24, 2.45) is 0 Å². The highest BCUT2D eigenvalue weighted by Crippen LogP contribution is 2.10. The highest BCUT2D eigenvalue weighted by atomic mass is 16.5. The van der Waals surface area contributed by atoms with E-state index in [1.807, 2.05) is 0 Å². The monoisotopic (exact) mass is 280 g/mol. The zero-order chi connectivity index (χ0) is 14.9. The third-order valence-electron chi connectivity index (χ3n) is 3.21. The quantitative estimate of drug-likeness (QED) is 0.634. The molecule has 1 aromatic carbocycles. The smallest absolute Gasteiger partial charge is 0.0693 e. The van der Waals surface area contributed by atoms with Crippen molar-refractivity contribution in [1.29, 1.82) is 0 Å². The van der Waals surface area contributed by atoms with E-state index in [2.05, 4.69) is 42.0 Å². The highest BCUT2D eigenvalue weighted by molar-refractivity contribution is 5.14. The molecule has 2 heteroatoms. The normalized spacial score (nSPS) is 9.95. The Morgan fingerprint density at radius 3 is 2.00 bits per heavy atom. The summed E-state index contributed by atoms with van der Waals surface area (Å²) >= 11 is 0. The predicted molar refractivity (Wildman–Crippen MR) is 87.1 cm³/mol. The Labute approximate surface area is 125 Å². The molecule has 20 heavy (non-hydrogen) atoms. The number of aryl methyl sites for hydroxylation is 1. The zero-order valence-electron chi connectivity index (χ0n) is 13.3. The van der Waals surface area contributed by atoms with Crippen LogP contribution < -0.4 is 0 Å². The first-order chi connectivity index (χ1) is 9.85. The first kappa shape index (κ1) is 19.1. The average Bonchev–Trinajstić information content (AvgIpc) is 2.49. The molecule has 1 aromatic rings. The Kier molecular flexibility index (Phi) is 15.5. The van der Waals surface area contributed by atoms with Crippen LogP contribution in [0.3, 0.4) is 0 Å². The first-order valence-electron chi connectivity index (χ1n) is 7.98. The van der Waals surface area contributed by atoms with Gasteiger partial charge >= 0.3 is 0 Å². The lowest BCUT2D eigenvalue weighted by Crippen LogP contribution is -1.91. The number of aliphatic hydroxyl groups excluding tert-OH is 1. The number of benzene rings is 1. The Bertz CT molecular complexity index is 270. The van der Waals surface area contributed by atoms with Crippen LogP contribution in [0.4, 0.5) is 0 Å². The largest absolute Gasteiger partial charge is 0.394 e. The van der Waals surface area contributed by atoms with Crippen molar-refractivity contribution in [3.63, 3.8) is 0 Å². The van der Waals surface area contributed by atoms with Crippen molar-refractivity contribution in [2.45, 2.75) is 58.3 Å². The van der Waals surface area contributed by atoms with Crippen molar-refractivity contribution >= 4 is 0 Å². The molecule has 1 N–H and O–H groups in total. The minimum absolute atomic E-state index is 0.122. The number of unbranched alkanes of at least 4 members (excludes halogenated alkanes) is 6. The van der Waals surface area contributed by atoms with Gasteiger partial charge in [-0.15, -0.1) is 0 Å².